The quantitative estimate of drug-likeness (QED) is 0.672. The van der Waals surface area contributed by atoms with E-state index in [9.17, 15) is 4.79 Å². The van der Waals surface area contributed by atoms with Crippen molar-refractivity contribution in [1.29, 1.82) is 0 Å². The summed E-state index contributed by atoms with van der Waals surface area (Å²) in [4.78, 5) is 17.7. The lowest BCUT2D eigenvalue weighted by Crippen LogP contribution is -2.07. The first kappa shape index (κ1) is 16.7. The predicted molar refractivity (Wildman–Crippen MR) is 97.1 cm³/mol. The third kappa shape index (κ3) is 3.67. The second-order valence-corrected chi connectivity index (χ2v) is 7.14. The minimum absolute atomic E-state index is 0.262. The number of thiophene rings is 1. The number of ether oxygens (including phenoxy) is 1. The third-order valence-corrected chi connectivity index (χ3v) is 4.82. The number of aromatic nitrogens is 1. The summed E-state index contributed by atoms with van der Waals surface area (Å²) in [6.07, 6.45) is 2.25. The zero-order valence-corrected chi connectivity index (χ0v) is 15.0. The summed E-state index contributed by atoms with van der Waals surface area (Å²) >= 11 is 1.52. The molecule has 0 aliphatic carbocycles. The van der Waals surface area contributed by atoms with Crippen LogP contribution in [0.25, 0.3) is 10.2 Å². The number of aryl methyl sites for hydroxylation is 2. The van der Waals surface area contributed by atoms with Crippen molar-refractivity contribution in [3.05, 3.63) is 57.1 Å². The Labute approximate surface area is 145 Å². The molecule has 3 aromatic rings. The van der Waals surface area contributed by atoms with Crippen molar-refractivity contribution < 1.29 is 9.15 Å². The monoisotopic (exact) mass is 343 g/mol. The SMILES string of the molecule is COc1ccc(CCc2nc3scc(CC(C)C)c3c(=O)o2)cc1. The number of hydrogen-bond donors (Lipinski definition) is 0. The molecule has 0 N–H and O–H groups in total. The van der Waals surface area contributed by atoms with Gasteiger partial charge in [-0.05, 0) is 47.4 Å². The molecule has 126 valence electrons. The average molecular weight is 343 g/mol. The molecule has 1 aromatic carbocycles. The fourth-order valence-corrected chi connectivity index (χ4v) is 3.67. The van der Waals surface area contributed by atoms with E-state index >= 15 is 0 Å². The van der Waals surface area contributed by atoms with E-state index in [1.807, 2.05) is 29.6 Å². The lowest BCUT2D eigenvalue weighted by atomic mass is 10.0. The molecule has 0 radical (unpaired) electrons. The minimum Gasteiger partial charge on any atom is -0.497 e. The first-order valence-electron chi connectivity index (χ1n) is 8.10. The van der Waals surface area contributed by atoms with Gasteiger partial charge < -0.3 is 9.15 Å². The number of nitrogens with zero attached hydrogens (tertiary/aromatic N) is 1. The minimum atomic E-state index is -0.262. The number of rotatable bonds is 6. The smallest absolute Gasteiger partial charge is 0.348 e. The maximum absolute atomic E-state index is 12.3. The maximum atomic E-state index is 12.3. The number of benzene rings is 1. The molecule has 0 aliphatic heterocycles. The van der Waals surface area contributed by atoms with Crippen LogP contribution in [0, 0.1) is 5.92 Å². The van der Waals surface area contributed by atoms with Crippen molar-refractivity contribution in [2.75, 3.05) is 7.11 Å². The van der Waals surface area contributed by atoms with Gasteiger partial charge in [-0.3, -0.25) is 0 Å². The summed E-state index contributed by atoms with van der Waals surface area (Å²) in [7, 11) is 1.65. The van der Waals surface area contributed by atoms with Crippen molar-refractivity contribution in [2.45, 2.75) is 33.1 Å². The Balaban J connectivity index is 1.79. The first-order valence-corrected chi connectivity index (χ1v) is 8.98. The van der Waals surface area contributed by atoms with Gasteiger partial charge in [-0.25, -0.2) is 9.78 Å². The molecule has 3 rings (SSSR count). The summed E-state index contributed by atoms with van der Waals surface area (Å²) in [5.74, 6) is 1.83. The highest BCUT2D eigenvalue weighted by Crippen LogP contribution is 2.24. The average Bonchev–Trinajstić information content (AvgIpc) is 2.96. The molecule has 2 aromatic heterocycles. The Kier molecular flexibility index (Phi) is 5.00. The number of hydrogen-bond acceptors (Lipinski definition) is 5. The Bertz CT molecular complexity index is 878. The van der Waals surface area contributed by atoms with Gasteiger partial charge in [-0.2, -0.15) is 0 Å². The van der Waals surface area contributed by atoms with Crippen LogP contribution >= 0.6 is 11.3 Å². The summed E-state index contributed by atoms with van der Waals surface area (Å²) in [5, 5.41) is 2.68. The molecule has 0 unspecified atom stereocenters. The molecule has 0 atom stereocenters. The Morgan fingerprint density at radius 2 is 1.96 bits per heavy atom. The molecular weight excluding hydrogens is 322 g/mol. The molecule has 0 aliphatic rings. The molecule has 4 nitrogen and oxygen atoms in total. The largest absolute Gasteiger partial charge is 0.497 e. The Hall–Kier alpha value is -2.14. The fraction of sp³-hybridized carbons (Fsp3) is 0.368. The zero-order chi connectivity index (χ0) is 17.1. The highest BCUT2D eigenvalue weighted by atomic mass is 32.1. The normalized spacial score (nSPS) is 11.3. The van der Waals surface area contributed by atoms with E-state index in [4.69, 9.17) is 9.15 Å². The van der Waals surface area contributed by atoms with E-state index in [1.54, 1.807) is 7.11 Å². The van der Waals surface area contributed by atoms with E-state index in [0.29, 0.717) is 23.6 Å². The molecule has 0 bridgehead atoms. The summed E-state index contributed by atoms with van der Waals surface area (Å²) in [5.41, 5.74) is 1.95. The van der Waals surface area contributed by atoms with Crippen LogP contribution in [0.5, 0.6) is 5.75 Å². The summed E-state index contributed by atoms with van der Waals surface area (Å²) in [6.45, 7) is 4.28. The van der Waals surface area contributed by atoms with Crippen LogP contribution in [0.3, 0.4) is 0 Å². The molecule has 0 fully saturated rings. The van der Waals surface area contributed by atoms with Gasteiger partial charge >= 0.3 is 5.63 Å². The van der Waals surface area contributed by atoms with Crippen LogP contribution in [0.15, 0.2) is 38.9 Å². The number of fused-ring (bicyclic) bond motifs is 1. The van der Waals surface area contributed by atoms with Gasteiger partial charge in [0, 0.05) is 6.42 Å². The zero-order valence-electron chi connectivity index (χ0n) is 14.2. The molecule has 5 heteroatoms. The molecule has 0 amide bonds. The van der Waals surface area contributed by atoms with E-state index in [2.05, 4.69) is 18.8 Å². The van der Waals surface area contributed by atoms with Gasteiger partial charge in [0.15, 0.2) is 5.89 Å². The molecular formula is C19H21NO3S. The van der Waals surface area contributed by atoms with Crippen LogP contribution in [0.4, 0.5) is 0 Å². The van der Waals surface area contributed by atoms with E-state index in [-0.39, 0.29) is 5.63 Å². The fourth-order valence-electron chi connectivity index (χ4n) is 2.72. The van der Waals surface area contributed by atoms with Crippen molar-refractivity contribution in [1.82, 2.24) is 4.98 Å². The topological polar surface area (TPSA) is 52.3 Å². The standard InChI is InChI=1S/C19H21NO3S/c1-12(2)10-14-11-24-18-17(14)19(21)23-16(20-18)9-6-13-4-7-15(22-3)8-5-13/h4-5,7-8,11-12H,6,9-10H2,1-3H3. The number of methoxy groups -OCH3 is 1. The second kappa shape index (κ2) is 7.18. The molecule has 0 saturated carbocycles. The van der Waals surface area contributed by atoms with Gasteiger partial charge in [-0.15, -0.1) is 11.3 Å². The van der Waals surface area contributed by atoms with Gasteiger partial charge in [0.05, 0.1) is 7.11 Å². The molecule has 0 spiro atoms. The van der Waals surface area contributed by atoms with Crippen LogP contribution in [-0.4, -0.2) is 12.1 Å². The Morgan fingerprint density at radius 3 is 2.62 bits per heavy atom. The van der Waals surface area contributed by atoms with Gasteiger partial charge in [0.25, 0.3) is 0 Å². The maximum Gasteiger partial charge on any atom is 0.348 e. The van der Waals surface area contributed by atoms with Crippen LogP contribution < -0.4 is 10.4 Å². The van der Waals surface area contributed by atoms with Gasteiger partial charge in [0.2, 0.25) is 0 Å². The van der Waals surface area contributed by atoms with Gasteiger partial charge in [0.1, 0.15) is 16.0 Å². The molecule has 24 heavy (non-hydrogen) atoms. The van der Waals surface area contributed by atoms with Crippen molar-refractivity contribution in [3.8, 4) is 5.75 Å². The van der Waals surface area contributed by atoms with Crippen LogP contribution in [0.1, 0.15) is 30.9 Å². The third-order valence-electron chi connectivity index (χ3n) is 3.90. The predicted octanol–water partition coefficient (Wildman–Crippen LogP) is 4.24. The first-order chi connectivity index (χ1) is 11.6. The highest BCUT2D eigenvalue weighted by Gasteiger charge is 2.14. The van der Waals surface area contributed by atoms with E-state index < -0.39 is 0 Å². The summed E-state index contributed by atoms with van der Waals surface area (Å²) < 4.78 is 10.6. The Morgan fingerprint density at radius 1 is 1.21 bits per heavy atom. The molecule has 0 saturated heterocycles. The van der Waals surface area contributed by atoms with Crippen LogP contribution in [0.2, 0.25) is 0 Å². The molecule has 2 heterocycles. The highest BCUT2D eigenvalue weighted by molar-refractivity contribution is 7.16. The lowest BCUT2D eigenvalue weighted by Gasteiger charge is -2.04. The van der Waals surface area contributed by atoms with Crippen LogP contribution in [-0.2, 0) is 19.3 Å². The van der Waals surface area contributed by atoms with Crippen molar-refractivity contribution in [2.24, 2.45) is 5.92 Å². The van der Waals surface area contributed by atoms with E-state index in [1.165, 1.54) is 11.3 Å². The second-order valence-electron chi connectivity index (χ2n) is 6.28. The summed E-state index contributed by atoms with van der Waals surface area (Å²) in [6, 6.07) is 7.89. The van der Waals surface area contributed by atoms with Crippen molar-refractivity contribution >= 4 is 21.6 Å². The van der Waals surface area contributed by atoms with E-state index in [0.717, 1.165) is 34.5 Å². The van der Waals surface area contributed by atoms with Gasteiger partial charge in [-0.1, -0.05) is 26.0 Å². The lowest BCUT2D eigenvalue weighted by molar-refractivity contribution is 0.414. The van der Waals surface area contributed by atoms with Crippen molar-refractivity contribution in [3.63, 3.8) is 0 Å².